The second-order valence-corrected chi connectivity index (χ2v) is 6.42. The van der Waals surface area contributed by atoms with Gasteiger partial charge in [-0.2, -0.15) is 0 Å². The van der Waals surface area contributed by atoms with Crippen LogP contribution in [0.1, 0.15) is 52.3 Å². The first-order chi connectivity index (χ1) is 9.52. The van der Waals surface area contributed by atoms with Crippen molar-refractivity contribution < 1.29 is 0 Å². The molecule has 2 rings (SSSR count). The van der Waals surface area contributed by atoms with Crippen molar-refractivity contribution in [2.24, 2.45) is 0 Å². The summed E-state index contributed by atoms with van der Waals surface area (Å²) in [7, 11) is 0. The zero-order valence-electron chi connectivity index (χ0n) is 13.1. The molecule has 0 spiro atoms. The van der Waals surface area contributed by atoms with Crippen LogP contribution < -0.4 is 5.32 Å². The summed E-state index contributed by atoms with van der Waals surface area (Å²) in [5.41, 5.74) is 6.52. The minimum atomic E-state index is 0.217. The number of nitrogens with zero attached hydrogens (tertiary/aromatic N) is 1. The highest BCUT2D eigenvalue weighted by atomic mass is 32.1. The van der Waals surface area contributed by atoms with Crippen LogP contribution in [0.5, 0.6) is 0 Å². The van der Waals surface area contributed by atoms with Gasteiger partial charge in [0.15, 0.2) is 0 Å². The molecule has 1 atom stereocenters. The molecule has 1 aromatic heterocycles. The third kappa shape index (κ3) is 3.28. The Morgan fingerprint density at radius 1 is 1.15 bits per heavy atom. The molecule has 1 heterocycles. The summed E-state index contributed by atoms with van der Waals surface area (Å²) in [5.74, 6) is 0. The number of nitrogens with one attached hydrogen (secondary N) is 1. The molecule has 0 bridgehead atoms. The van der Waals surface area contributed by atoms with Crippen molar-refractivity contribution in [2.45, 2.75) is 47.1 Å². The van der Waals surface area contributed by atoms with E-state index in [0.29, 0.717) is 0 Å². The van der Waals surface area contributed by atoms with Gasteiger partial charge >= 0.3 is 0 Å². The predicted molar refractivity (Wildman–Crippen MR) is 87.6 cm³/mol. The van der Waals surface area contributed by atoms with Gasteiger partial charge < -0.3 is 5.32 Å². The number of thiazole rings is 1. The van der Waals surface area contributed by atoms with Crippen LogP contribution in [0.2, 0.25) is 0 Å². The molecule has 1 aromatic carbocycles. The Balaban J connectivity index is 2.46. The maximum Gasteiger partial charge on any atom is 0.114 e. The van der Waals surface area contributed by atoms with E-state index in [1.165, 1.54) is 27.3 Å². The fourth-order valence-electron chi connectivity index (χ4n) is 2.75. The number of aromatic nitrogens is 1. The van der Waals surface area contributed by atoms with Gasteiger partial charge in [0.05, 0.1) is 6.04 Å². The van der Waals surface area contributed by atoms with Gasteiger partial charge in [-0.05, 0) is 57.4 Å². The monoisotopic (exact) mass is 288 g/mol. The highest BCUT2D eigenvalue weighted by Crippen LogP contribution is 2.30. The van der Waals surface area contributed by atoms with Gasteiger partial charge in [-0.3, -0.25) is 0 Å². The van der Waals surface area contributed by atoms with E-state index in [1.54, 1.807) is 11.3 Å². The SMILES string of the molecule is CCCNC(c1nc(C)cs1)c1c(C)cc(C)cc1C. The van der Waals surface area contributed by atoms with Crippen LogP contribution in [0.15, 0.2) is 17.5 Å². The van der Waals surface area contributed by atoms with E-state index < -0.39 is 0 Å². The van der Waals surface area contributed by atoms with Crippen molar-refractivity contribution in [3.8, 4) is 0 Å². The van der Waals surface area contributed by atoms with E-state index in [9.17, 15) is 0 Å². The minimum Gasteiger partial charge on any atom is -0.304 e. The summed E-state index contributed by atoms with van der Waals surface area (Å²) >= 11 is 1.75. The molecule has 2 aromatic rings. The molecule has 1 N–H and O–H groups in total. The molecule has 0 saturated heterocycles. The van der Waals surface area contributed by atoms with Gasteiger partial charge in [0.1, 0.15) is 5.01 Å². The lowest BCUT2D eigenvalue weighted by Crippen LogP contribution is -2.24. The third-order valence-electron chi connectivity index (χ3n) is 3.51. The molecule has 0 radical (unpaired) electrons. The van der Waals surface area contributed by atoms with Crippen LogP contribution in [-0.2, 0) is 0 Å². The summed E-state index contributed by atoms with van der Waals surface area (Å²) in [6, 6.07) is 4.75. The average Bonchev–Trinajstić information content (AvgIpc) is 2.78. The van der Waals surface area contributed by atoms with E-state index in [4.69, 9.17) is 4.98 Å². The smallest absolute Gasteiger partial charge is 0.114 e. The molecule has 0 aliphatic rings. The van der Waals surface area contributed by atoms with Gasteiger partial charge in [-0.25, -0.2) is 4.98 Å². The number of aryl methyl sites for hydroxylation is 4. The van der Waals surface area contributed by atoms with E-state index in [1.807, 2.05) is 0 Å². The van der Waals surface area contributed by atoms with Crippen molar-refractivity contribution in [2.75, 3.05) is 6.54 Å². The Labute approximate surface area is 126 Å². The summed E-state index contributed by atoms with van der Waals surface area (Å²) in [4.78, 5) is 4.70. The minimum absolute atomic E-state index is 0.217. The van der Waals surface area contributed by atoms with E-state index in [2.05, 4.69) is 57.4 Å². The Kier molecular flexibility index (Phi) is 4.95. The van der Waals surface area contributed by atoms with Crippen LogP contribution in [0.25, 0.3) is 0 Å². The zero-order chi connectivity index (χ0) is 14.7. The molecule has 20 heavy (non-hydrogen) atoms. The van der Waals surface area contributed by atoms with E-state index in [0.717, 1.165) is 18.7 Å². The molecule has 0 saturated carbocycles. The normalized spacial score (nSPS) is 12.7. The highest BCUT2D eigenvalue weighted by Gasteiger charge is 2.20. The second-order valence-electron chi connectivity index (χ2n) is 5.53. The second kappa shape index (κ2) is 6.51. The van der Waals surface area contributed by atoms with Crippen molar-refractivity contribution in [1.82, 2.24) is 10.3 Å². The average molecular weight is 288 g/mol. The van der Waals surface area contributed by atoms with Gasteiger partial charge in [0.2, 0.25) is 0 Å². The van der Waals surface area contributed by atoms with Crippen LogP contribution in [0, 0.1) is 27.7 Å². The van der Waals surface area contributed by atoms with Crippen LogP contribution >= 0.6 is 11.3 Å². The first-order valence-electron chi connectivity index (χ1n) is 7.26. The molecule has 1 unspecified atom stereocenters. The highest BCUT2D eigenvalue weighted by molar-refractivity contribution is 7.09. The van der Waals surface area contributed by atoms with Gasteiger partial charge in [0.25, 0.3) is 0 Å². The van der Waals surface area contributed by atoms with E-state index >= 15 is 0 Å². The van der Waals surface area contributed by atoms with Gasteiger partial charge in [0, 0.05) is 11.1 Å². The van der Waals surface area contributed by atoms with Crippen LogP contribution in [-0.4, -0.2) is 11.5 Å². The molecule has 2 nitrogen and oxygen atoms in total. The predicted octanol–water partition coefficient (Wildman–Crippen LogP) is 4.47. The number of rotatable bonds is 5. The lowest BCUT2D eigenvalue weighted by Gasteiger charge is -2.21. The fourth-order valence-corrected chi connectivity index (χ4v) is 3.63. The first-order valence-corrected chi connectivity index (χ1v) is 8.14. The molecule has 0 amide bonds. The molecular weight excluding hydrogens is 264 g/mol. The third-order valence-corrected chi connectivity index (χ3v) is 4.54. The topological polar surface area (TPSA) is 24.9 Å². The molecule has 0 fully saturated rings. The lowest BCUT2D eigenvalue weighted by molar-refractivity contribution is 0.590. The van der Waals surface area contributed by atoms with Crippen LogP contribution in [0.4, 0.5) is 0 Å². The largest absolute Gasteiger partial charge is 0.304 e. The summed E-state index contributed by atoms with van der Waals surface area (Å²) < 4.78 is 0. The molecule has 0 aliphatic carbocycles. The number of hydrogen-bond acceptors (Lipinski definition) is 3. The van der Waals surface area contributed by atoms with Gasteiger partial charge in [-0.15, -0.1) is 11.3 Å². The summed E-state index contributed by atoms with van der Waals surface area (Å²) in [6.07, 6.45) is 1.13. The van der Waals surface area contributed by atoms with Crippen molar-refractivity contribution in [3.05, 3.63) is 50.5 Å². The standard InChI is InChI=1S/C17H24N2S/c1-6-7-18-16(17-19-14(5)10-20-17)15-12(3)8-11(2)9-13(15)4/h8-10,16,18H,6-7H2,1-5H3. The Morgan fingerprint density at radius 2 is 1.80 bits per heavy atom. The lowest BCUT2D eigenvalue weighted by atomic mass is 9.94. The maximum absolute atomic E-state index is 4.70. The van der Waals surface area contributed by atoms with E-state index in [-0.39, 0.29) is 6.04 Å². The number of hydrogen-bond donors (Lipinski definition) is 1. The maximum atomic E-state index is 4.70. The zero-order valence-corrected chi connectivity index (χ0v) is 13.9. The molecular formula is C17H24N2S. The first kappa shape index (κ1) is 15.2. The number of benzene rings is 1. The van der Waals surface area contributed by atoms with Crippen molar-refractivity contribution >= 4 is 11.3 Å². The summed E-state index contributed by atoms with van der Waals surface area (Å²) in [6.45, 7) is 11.8. The van der Waals surface area contributed by atoms with Crippen molar-refractivity contribution in [3.63, 3.8) is 0 Å². The van der Waals surface area contributed by atoms with Crippen LogP contribution in [0.3, 0.4) is 0 Å². The Bertz CT molecular complexity index is 563. The van der Waals surface area contributed by atoms with Crippen molar-refractivity contribution in [1.29, 1.82) is 0 Å². The Hall–Kier alpha value is -1.19. The Morgan fingerprint density at radius 3 is 2.30 bits per heavy atom. The fraction of sp³-hybridized carbons (Fsp3) is 0.471. The molecule has 0 aliphatic heterocycles. The summed E-state index contributed by atoms with van der Waals surface area (Å²) in [5, 5.41) is 6.97. The quantitative estimate of drug-likeness (QED) is 0.878. The molecule has 108 valence electrons. The molecule has 3 heteroatoms. The van der Waals surface area contributed by atoms with Gasteiger partial charge in [-0.1, -0.05) is 24.6 Å².